The molecule has 4 aromatic carbocycles. The number of thioether (sulfide) groups is 2. The summed E-state index contributed by atoms with van der Waals surface area (Å²) in [5.41, 5.74) is 4.74. The van der Waals surface area contributed by atoms with E-state index in [1.807, 2.05) is 18.2 Å². The highest BCUT2D eigenvalue weighted by molar-refractivity contribution is 7.98. The second-order valence-corrected chi connectivity index (χ2v) is 12.6. The summed E-state index contributed by atoms with van der Waals surface area (Å²) in [7, 11) is 0. The van der Waals surface area contributed by atoms with Gasteiger partial charge in [0.15, 0.2) is 0 Å². The van der Waals surface area contributed by atoms with Crippen LogP contribution in [0.15, 0.2) is 113 Å². The van der Waals surface area contributed by atoms with E-state index < -0.39 is 0 Å². The third-order valence-corrected chi connectivity index (χ3v) is 9.30. The first-order valence-electron chi connectivity index (χ1n) is 15.3. The SMILES string of the molecule is CSc1ccc(CO[C@H]2CNC[C@@H](OCc3ccc(SC)cc3)C2c2ccc(OCCCOCc3ccccc3)cc2)cc1. The summed E-state index contributed by atoms with van der Waals surface area (Å²) in [5.74, 6) is 0.955. The highest BCUT2D eigenvalue weighted by Gasteiger charge is 2.36. The Morgan fingerprint density at radius 2 is 1.16 bits per heavy atom. The number of rotatable bonds is 16. The van der Waals surface area contributed by atoms with Gasteiger partial charge in [-0.25, -0.2) is 0 Å². The summed E-state index contributed by atoms with van der Waals surface area (Å²) in [6.07, 6.45) is 4.98. The summed E-state index contributed by atoms with van der Waals surface area (Å²) >= 11 is 3.50. The maximum absolute atomic E-state index is 6.59. The Kier molecular flexibility index (Phi) is 13.1. The van der Waals surface area contributed by atoms with E-state index in [1.165, 1.54) is 32.0 Å². The van der Waals surface area contributed by atoms with Crippen molar-refractivity contribution in [3.05, 3.63) is 125 Å². The van der Waals surface area contributed by atoms with E-state index in [4.69, 9.17) is 18.9 Å². The van der Waals surface area contributed by atoms with Crippen LogP contribution in [0.2, 0.25) is 0 Å². The molecule has 1 aliphatic heterocycles. The largest absolute Gasteiger partial charge is 0.494 e. The van der Waals surface area contributed by atoms with Crippen LogP contribution in [0.3, 0.4) is 0 Å². The van der Waals surface area contributed by atoms with Crippen molar-refractivity contribution in [3.63, 3.8) is 0 Å². The molecule has 0 spiro atoms. The van der Waals surface area contributed by atoms with Gasteiger partial charge in [-0.15, -0.1) is 23.5 Å². The Hall–Kier alpha value is -2.78. The van der Waals surface area contributed by atoms with Gasteiger partial charge < -0.3 is 24.3 Å². The van der Waals surface area contributed by atoms with E-state index >= 15 is 0 Å². The second kappa shape index (κ2) is 17.6. The fourth-order valence-corrected chi connectivity index (χ4v) is 6.18. The molecule has 0 saturated carbocycles. The number of hydrogen-bond donors (Lipinski definition) is 1. The molecule has 0 aromatic heterocycles. The zero-order chi connectivity index (χ0) is 30.4. The van der Waals surface area contributed by atoms with Gasteiger partial charge in [0.05, 0.1) is 45.2 Å². The first kappa shape index (κ1) is 32.6. The molecule has 7 heteroatoms. The van der Waals surface area contributed by atoms with Crippen molar-refractivity contribution in [1.82, 2.24) is 5.32 Å². The zero-order valence-electron chi connectivity index (χ0n) is 25.7. The quantitative estimate of drug-likeness (QED) is 0.0997. The van der Waals surface area contributed by atoms with Crippen LogP contribution in [0.1, 0.15) is 34.6 Å². The Balaban J connectivity index is 1.20. The molecular formula is C37H43NO4S2. The number of hydrogen-bond acceptors (Lipinski definition) is 7. The van der Waals surface area contributed by atoms with Crippen LogP contribution in [0.25, 0.3) is 0 Å². The second-order valence-electron chi connectivity index (χ2n) is 10.9. The van der Waals surface area contributed by atoms with Crippen LogP contribution in [0.5, 0.6) is 5.75 Å². The summed E-state index contributed by atoms with van der Waals surface area (Å²) in [4.78, 5) is 2.51. The first-order valence-corrected chi connectivity index (χ1v) is 17.7. The van der Waals surface area contributed by atoms with Gasteiger partial charge in [0.2, 0.25) is 0 Å². The van der Waals surface area contributed by atoms with Gasteiger partial charge in [0, 0.05) is 35.2 Å². The van der Waals surface area contributed by atoms with Crippen molar-refractivity contribution in [2.45, 2.75) is 54.2 Å². The van der Waals surface area contributed by atoms with Crippen molar-refractivity contribution in [3.8, 4) is 5.75 Å². The number of piperidine rings is 1. The molecule has 1 heterocycles. The molecule has 44 heavy (non-hydrogen) atoms. The predicted octanol–water partition coefficient (Wildman–Crippen LogP) is 7.97. The molecule has 0 radical (unpaired) electrons. The first-order chi connectivity index (χ1) is 21.7. The topological polar surface area (TPSA) is 49.0 Å². The molecule has 0 amide bonds. The Morgan fingerprint density at radius 3 is 1.70 bits per heavy atom. The maximum Gasteiger partial charge on any atom is 0.119 e. The minimum Gasteiger partial charge on any atom is -0.494 e. The lowest BCUT2D eigenvalue weighted by Crippen LogP contribution is -2.50. The standard InChI is InChI=1S/C37H43NO4S2/c1-43-33-17-9-29(10-18-33)26-41-35-23-38-24-36(42-27-30-11-19-34(44-2)20-12-30)37(35)31-13-15-32(16-14-31)40-22-6-21-39-25-28-7-4-3-5-8-28/h3-5,7-20,35-38H,6,21-27H2,1-2H3/t35-,36+,37?. The Labute approximate surface area is 271 Å². The van der Waals surface area contributed by atoms with Crippen LogP contribution in [0.4, 0.5) is 0 Å². The van der Waals surface area contributed by atoms with Crippen molar-refractivity contribution in [2.75, 3.05) is 38.8 Å². The summed E-state index contributed by atoms with van der Waals surface area (Å²) in [6, 6.07) is 36.0. The van der Waals surface area contributed by atoms with Gasteiger partial charge in [-0.05, 0) is 71.2 Å². The smallest absolute Gasteiger partial charge is 0.119 e. The molecule has 4 aromatic rings. The minimum absolute atomic E-state index is 0.0265. The molecule has 1 N–H and O–H groups in total. The van der Waals surface area contributed by atoms with E-state index in [-0.39, 0.29) is 18.1 Å². The highest BCUT2D eigenvalue weighted by atomic mass is 32.2. The van der Waals surface area contributed by atoms with Gasteiger partial charge >= 0.3 is 0 Å². The molecule has 232 valence electrons. The van der Waals surface area contributed by atoms with Gasteiger partial charge in [-0.2, -0.15) is 0 Å². The number of nitrogens with one attached hydrogen (secondary N) is 1. The van der Waals surface area contributed by atoms with Crippen LogP contribution in [0, 0.1) is 0 Å². The van der Waals surface area contributed by atoms with Gasteiger partial charge in [-0.3, -0.25) is 0 Å². The van der Waals surface area contributed by atoms with E-state index in [9.17, 15) is 0 Å². The van der Waals surface area contributed by atoms with E-state index in [1.54, 1.807) is 23.5 Å². The van der Waals surface area contributed by atoms with Crippen LogP contribution in [-0.2, 0) is 34.0 Å². The normalized spacial score (nSPS) is 18.3. The van der Waals surface area contributed by atoms with Crippen molar-refractivity contribution in [2.24, 2.45) is 0 Å². The molecule has 5 rings (SSSR count). The number of ether oxygens (including phenoxy) is 4. The molecule has 0 aliphatic carbocycles. The average molecular weight is 630 g/mol. The van der Waals surface area contributed by atoms with E-state index in [0.717, 1.165) is 25.3 Å². The van der Waals surface area contributed by atoms with E-state index in [2.05, 4.69) is 103 Å². The zero-order valence-corrected chi connectivity index (χ0v) is 27.3. The average Bonchev–Trinajstić information content (AvgIpc) is 3.09. The fraction of sp³-hybridized carbons (Fsp3) is 0.351. The lowest BCUT2D eigenvalue weighted by molar-refractivity contribution is -0.0650. The third kappa shape index (κ3) is 9.86. The number of benzene rings is 4. The van der Waals surface area contributed by atoms with Gasteiger partial charge in [-0.1, -0.05) is 66.7 Å². The highest BCUT2D eigenvalue weighted by Crippen LogP contribution is 2.33. The minimum atomic E-state index is -0.0265. The molecule has 0 bridgehead atoms. The van der Waals surface area contributed by atoms with Crippen molar-refractivity contribution < 1.29 is 18.9 Å². The molecule has 1 unspecified atom stereocenters. The molecule has 1 saturated heterocycles. The van der Waals surface area contributed by atoms with Crippen LogP contribution in [-0.4, -0.2) is 51.0 Å². The van der Waals surface area contributed by atoms with Crippen LogP contribution < -0.4 is 10.1 Å². The summed E-state index contributed by atoms with van der Waals surface area (Å²) in [5, 5.41) is 3.57. The lowest BCUT2D eigenvalue weighted by atomic mass is 9.85. The molecule has 1 aliphatic rings. The summed E-state index contributed by atoms with van der Waals surface area (Å²) < 4.78 is 25.0. The molecule has 1 fully saturated rings. The summed E-state index contributed by atoms with van der Waals surface area (Å²) in [6.45, 7) is 4.59. The predicted molar refractivity (Wildman–Crippen MR) is 182 cm³/mol. The monoisotopic (exact) mass is 629 g/mol. The fourth-order valence-electron chi connectivity index (χ4n) is 5.37. The van der Waals surface area contributed by atoms with Gasteiger partial charge in [0.25, 0.3) is 0 Å². The third-order valence-electron chi connectivity index (χ3n) is 7.82. The lowest BCUT2D eigenvalue weighted by Gasteiger charge is -2.39. The molecular weight excluding hydrogens is 587 g/mol. The van der Waals surface area contributed by atoms with Crippen molar-refractivity contribution >= 4 is 23.5 Å². The Bertz CT molecular complexity index is 1310. The van der Waals surface area contributed by atoms with Crippen LogP contribution >= 0.6 is 23.5 Å². The molecule has 3 atom stereocenters. The maximum atomic E-state index is 6.59. The molecule has 5 nitrogen and oxygen atoms in total. The van der Waals surface area contributed by atoms with E-state index in [0.29, 0.717) is 33.0 Å². The van der Waals surface area contributed by atoms with Gasteiger partial charge in [0.1, 0.15) is 5.75 Å². The Morgan fingerprint density at radius 1 is 0.614 bits per heavy atom. The van der Waals surface area contributed by atoms with Crippen molar-refractivity contribution in [1.29, 1.82) is 0 Å².